The van der Waals surface area contributed by atoms with Crippen molar-refractivity contribution in [3.63, 3.8) is 0 Å². The Bertz CT molecular complexity index is 1010. The van der Waals surface area contributed by atoms with Crippen molar-refractivity contribution in [2.24, 2.45) is 5.73 Å². The summed E-state index contributed by atoms with van der Waals surface area (Å²) in [7, 11) is 0. The van der Waals surface area contributed by atoms with Gasteiger partial charge in [-0.15, -0.1) is 21.5 Å². The van der Waals surface area contributed by atoms with E-state index in [0.29, 0.717) is 13.1 Å². The van der Waals surface area contributed by atoms with Crippen molar-refractivity contribution < 1.29 is 23.1 Å². The Hall–Kier alpha value is -2.32. The maximum absolute atomic E-state index is 10.6. The molecule has 14 heteroatoms. The van der Waals surface area contributed by atoms with Crippen molar-refractivity contribution in [3.05, 3.63) is 27.8 Å². The molecular formula is C14H13BrF3N7O2S. The molecule has 1 aliphatic rings. The Morgan fingerprint density at radius 3 is 2.68 bits per heavy atom. The van der Waals surface area contributed by atoms with Crippen LogP contribution in [0.2, 0.25) is 0 Å². The lowest BCUT2D eigenvalue weighted by Crippen LogP contribution is -2.35. The van der Waals surface area contributed by atoms with Crippen LogP contribution in [0.4, 0.5) is 19.0 Å². The highest BCUT2D eigenvalue weighted by atomic mass is 79.9. The fourth-order valence-electron chi connectivity index (χ4n) is 2.59. The van der Waals surface area contributed by atoms with Gasteiger partial charge in [-0.05, 0) is 22.0 Å². The van der Waals surface area contributed by atoms with Crippen LogP contribution in [0.15, 0.2) is 16.2 Å². The van der Waals surface area contributed by atoms with Gasteiger partial charge in [-0.3, -0.25) is 0 Å². The van der Waals surface area contributed by atoms with Gasteiger partial charge in [0.25, 0.3) is 0 Å². The van der Waals surface area contributed by atoms with E-state index in [-0.39, 0.29) is 0 Å². The molecule has 0 aliphatic carbocycles. The lowest BCUT2D eigenvalue weighted by atomic mass is 10.3. The van der Waals surface area contributed by atoms with Crippen LogP contribution in [0.25, 0.3) is 10.2 Å². The Labute approximate surface area is 168 Å². The zero-order valence-corrected chi connectivity index (χ0v) is 16.4. The molecular weight excluding hydrogens is 467 g/mol. The summed E-state index contributed by atoms with van der Waals surface area (Å²) in [6, 6.07) is 2.02. The minimum atomic E-state index is -5.08. The van der Waals surface area contributed by atoms with Crippen molar-refractivity contribution in [2.75, 3.05) is 11.4 Å². The van der Waals surface area contributed by atoms with E-state index < -0.39 is 12.1 Å². The molecule has 0 saturated carbocycles. The average Bonchev–Trinajstić information content (AvgIpc) is 3.22. The number of hydrogen-bond acceptors (Lipinski definition) is 8. The van der Waals surface area contributed by atoms with E-state index in [2.05, 4.69) is 45.6 Å². The minimum Gasteiger partial charge on any atom is -0.475 e. The number of aliphatic carboxylic acids is 1. The number of carbonyl (C=O) groups is 1. The fourth-order valence-corrected chi connectivity index (χ4v) is 4.15. The summed E-state index contributed by atoms with van der Waals surface area (Å²) in [4.78, 5) is 19.9. The third-order valence-corrected chi connectivity index (χ3v) is 5.44. The van der Waals surface area contributed by atoms with Crippen LogP contribution in [0, 0.1) is 0 Å². The highest BCUT2D eigenvalue weighted by Crippen LogP contribution is 2.35. The number of carboxylic acid groups (broad SMARTS) is 1. The standard InChI is InChI=1S/C12H12BrN7S.C2HF3O2/c13-8-3-7-11(21-8)12(16-6-15-7)19-1-2-20-9(4-14)17-18-10(20)5-19;3-2(4,5)1(6)7/h3,6H,1-2,4-5,14H2;(H,6,7). The van der Waals surface area contributed by atoms with Gasteiger partial charge in [-0.1, -0.05) is 0 Å². The molecule has 0 bridgehead atoms. The first-order valence-electron chi connectivity index (χ1n) is 7.76. The van der Waals surface area contributed by atoms with Crippen LogP contribution in [0.1, 0.15) is 11.6 Å². The van der Waals surface area contributed by atoms with Crippen LogP contribution in [0.5, 0.6) is 0 Å². The summed E-state index contributed by atoms with van der Waals surface area (Å²) in [5, 5.41) is 15.5. The van der Waals surface area contributed by atoms with Gasteiger partial charge in [0.05, 0.1) is 27.1 Å². The molecule has 4 rings (SSSR count). The second-order valence-electron chi connectivity index (χ2n) is 5.57. The lowest BCUT2D eigenvalue weighted by molar-refractivity contribution is -0.192. The molecule has 0 amide bonds. The van der Waals surface area contributed by atoms with Crippen LogP contribution >= 0.6 is 27.3 Å². The predicted octanol–water partition coefficient (Wildman–Crippen LogP) is 2.16. The highest BCUT2D eigenvalue weighted by Gasteiger charge is 2.38. The van der Waals surface area contributed by atoms with Crippen molar-refractivity contribution >= 4 is 49.3 Å². The fraction of sp³-hybridized carbons (Fsp3) is 0.357. The van der Waals surface area contributed by atoms with E-state index in [4.69, 9.17) is 15.6 Å². The Kier molecular flexibility index (Phi) is 5.81. The van der Waals surface area contributed by atoms with Crippen molar-refractivity contribution in [1.82, 2.24) is 24.7 Å². The Balaban J connectivity index is 0.000000279. The number of nitrogens with zero attached hydrogens (tertiary/aromatic N) is 6. The molecule has 0 saturated heterocycles. The summed E-state index contributed by atoms with van der Waals surface area (Å²) >= 11 is 5.16. The molecule has 0 aromatic carbocycles. The highest BCUT2D eigenvalue weighted by molar-refractivity contribution is 9.11. The van der Waals surface area contributed by atoms with Crippen molar-refractivity contribution in [1.29, 1.82) is 0 Å². The van der Waals surface area contributed by atoms with Crippen LogP contribution in [-0.2, 0) is 24.4 Å². The topological polar surface area (TPSA) is 123 Å². The summed E-state index contributed by atoms with van der Waals surface area (Å²) < 4.78 is 36.0. The second-order valence-corrected chi connectivity index (χ2v) is 8.01. The molecule has 4 heterocycles. The molecule has 28 heavy (non-hydrogen) atoms. The molecule has 0 spiro atoms. The third kappa shape index (κ3) is 4.23. The zero-order valence-electron chi connectivity index (χ0n) is 14.0. The van der Waals surface area contributed by atoms with Gasteiger partial charge in [-0.2, -0.15) is 13.2 Å². The molecule has 3 N–H and O–H groups in total. The second kappa shape index (κ2) is 7.97. The van der Waals surface area contributed by atoms with E-state index in [1.807, 2.05) is 6.07 Å². The monoisotopic (exact) mass is 479 g/mol. The normalized spacial score (nSPS) is 13.8. The molecule has 0 atom stereocenters. The molecule has 150 valence electrons. The first kappa shape index (κ1) is 20.4. The number of fused-ring (bicyclic) bond motifs is 2. The molecule has 0 unspecified atom stereocenters. The Morgan fingerprint density at radius 2 is 2.04 bits per heavy atom. The predicted molar refractivity (Wildman–Crippen MR) is 97.8 cm³/mol. The SMILES string of the molecule is NCc1nnc2n1CCN(c1ncnc3cc(Br)sc13)C2.O=C(O)C(F)(F)F. The molecule has 0 radical (unpaired) electrons. The van der Waals surface area contributed by atoms with E-state index in [1.54, 1.807) is 17.7 Å². The van der Waals surface area contributed by atoms with Crippen LogP contribution in [0.3, 0.4) is 0 Å². The smallest absolute Gasteiger partial charge is 0.475 e. The molecule has 9 nitrogen and oxygen atoms in total. The number of thiophene rings is 1. The van der Waals surface area contributed by atoms with Gasteiger partial charge in [0.2, 0.25) is 0 Å². The maximum Gasteiger partial charge on any atom is 0.490 e. The van der Waals surface area contributed by atoms with E-state index in [0.717, 1.165) is 44.6 Å². The molecule has 0 fully saturated rings. The van der Waals surface area contributed by atoms with E-state index in [1.165, 1.54) is 0 Å². The van der Waals surface area contributed by atoms with Crippen molar-refractivity contribution in [3.8, 4) is 0 Å². The summed E-state index contributed by atoms with van der Waals surface area (Å²) in [6.07, 6.45) is -3.47. The average molecular weight is 480 g/mol. The van der Waals surface area contributed by atoms with Crippen molar-refractivity contribution in [2.45, 2.75) is 25.8 Å². The first-order valence-corrected chi connectivity index (χ1v) is 9.37. The molecule has 3 aromatic rings. The number of anilines is 1. The molecule has 3 aromatic heterocycles. The number of carboxylic acids is 1. The van der Waals surface area contributed by atoms with Crippen LogP contribution < -0.4 is 10.6 Å². The third-order valence-electron chi connectivity index (χ3n) is 3.82. The number of aromatic nitrogens is 5. The van der Waals surface area contributed by atoms with Gasteiger partial charge in [-0.25, -0.2) is 14.8 Å². The Morgan fingerprint density at radius 1 is 1.32 bits per heavy atom. The van der Waals surface area contributed by atoms with Gasteiger partial charge in [0.1, 0.15) is 12.2 Å². The molecule has 1 aliphatic heterocycles. The first-order chi connectivity index (χ1) is 13.2. The minimum absolute atomic E-state index is 0.419. The van der Waals surface area contributed by atoms with Gasteiger partial charge >= 0.3 is 12.1 Å². The number of nitrogens with two attached hydrogens (primary N) is 1. The lowest BCUT2D eigenvalue weighted by Gasteiger charge is -2.28. The van der Waals surface area contributed by atoms with E-state index in [9.17, 15) is 13.2 Å². The summed E-state index contributed by atoms with van der Waals surface area (Å²) in [5.74, 6) is -0.0211. The largest absolute Gasteiger partial charge is 0.490 e. The number of alkyl halides is 3. The van der Waals surface area contributed by atoms with Gasteiger partial charge in [0, 0.05) is 13.1 Å². The zero-order chi connectivity index (χ0) is 20.5. The number of hydrogen-bond donors (Lipinski definition) is 2. The van der Waals surface area contributed by atoms with E-state index >= 15 is 0 Å². The van der Waals surface area contributed by atoms with Gasteiger partial charge in [0.15, 0.2) is 11.6 Å². The van der Waals surface area contributed by atoms with Crippen LogP contribution in [-0.4, -0.2) is 48.5 Å². The van der Waals surface area contributed by atoms with Gasteiger partial charge < -0.3 is 20.3 Å². The number of rotatable bonds is 2. The maximum atomic E-state index is 10.6. The summed E-state index contributed by atoms with van der Waals surface area (Å²) in [5.41, 5.74) is 6.64. The summed E-state index contributed by atoms with van der Waals surface area (Å²) in [6.45, 7) is 2.80. The number of halogens is 4. The quantitative estimate of drug-likeness (QED) is 0.572.